The Morgan fingerprint density at radius 1 is 0.714 bits per heavy atom. The lowest BCUT2D eigenvalue weighted by Gasteiger charge is -2.29. The van der Waals surface area contributed by atoms with E-state index in [1.54, 1.807) is 0 Å². The molecular weight excluding hydrogens is 368 g/mol. The summed E-state index contributed by atoms with van der Waals surface area (Å²) in [6, 6.07) is 0.460. The molecule has 2 aliphatic rings. The van der Waals surface area contributed by atoms with Gasteiger partial charge in [-0.25, -0.2) is 4.98 Å². The fourth-order valence-electron chi connectivity index (χ4n) is 4.91. The lowest BCUT2D eigenvalue weighted by molar-refractivity contribution is 0.334. The van der Waals surface area contributed by atoms with Crippen LogP contribution in [0.25, 0.3) is 0 Å². The van der Waals surface area contributed by atoms with Gasteiger partial charge in [0.15, 0.2) is 0 Å². The van der Waals surface area contributed by atoms with Gasteiger partial charge in [-0.3, -0.25) is 0 Å². The monoisotopic (exact) mass is 406 g/mol. The third-order valence-electron chi connectivity index (χ3n) is 6.79. The van der Waals surface area contributed by atoms with Gasteiger partial charge >= 0.3 is 0 Å². The van der Waals surface area contributed by atoms with Gasteiger partial charge in [0.2, 0.25) is 11.2 Å². The van der Waals surface area contributed by atoms with Crippen LogP contribution >= 0.6 is 11.6 Å². The summed E-state index contributed by atoms with van der Waals surface area (Å²) in [5.74, 6) is 1.59. The van der Waals surface area contributed by atoms with E-state index in [1.165, 1.54) is 96.3 Å². The van der Waals surface area contributed by atoms with E-state index in [9.17, 15) is 0 Å². The molecule has 28 heavy (non-hydrogen) atoms. The van der Waals surface area contributed by atoms with Crippen LogP contribution in [0.5, 0.6) is 0 Å². The van der Waals surface area contributed by atoms with Crippen molar-refractivity contribution in [3.63, 3.8) is 0 Å². The first-order valence-corrected chi connectivity index (χ1v) is 12.2. The van der Waals surface area contributed by atoms with E-state index in [4.69, 9.17) is 16.6 Å². The maximum absolute atomic E-state index is 6.36. The molecule has 158 valence electrons. The second-order valence-corrected chi connectivity index (χ2v) is 9.67. The highest BCUT2D eigenvalue weighted by Gasteiger charge is 2.30. The predicted octanol–water partition coefficient (Wildman–Crippen LogP) is 7.22. The highest BCUT2D eigenvalue weighted by atomic mass is 35.5. The van der Waals surface area contributed by atoms with E-state index in [1.807, 2.05) is 0 Å². The van der Waals surface area contributed by atoms with Crippen molar-refractivity contribution in [3.8, 4) is 0 Å². The number of halogens is 1. The molecule has 0 aliphatic heterocycles. The molecule has 2 aliphatic carbocycles. The number of hydrogen-bond donors (Lipinski definition) is 1. The highest BCUT2D eigenvalue weighted by Crippen LogP contribution is 2.35. The fourth-order valence-corrected chi connectivity index (χ4v) is 5.07. The Bertz CT molecular complexity index is 572. The molecule has 5 heteroatoms. The van der Waals surface area contributed by atoms with Gasteiger partial charge in [-0.05, 0) is 37.3 Å². The number of hydrogen-bond acceptors (Lipinski definition) is 4. The molecule has 2 saturated carbocycles. The van der Waals surface area contributed by atoms with Gasteiger partial charge in [0, 0.05) is 11.5 Å². The zero-order chi connectivity index (χ0) is 19.7. The third kappa shape index (κ3) is 6.86. The van der Waals surface area contributed by atoms with Gasteiger partial charge in [0.05, 0.1) is 0 Å². The molecule has 0 bridgehead atoms. The topological polar surface area (TPSA) is 50.7 Å². The first-order chi connectivity index (χ1) is 13.7. The Kier molecular flexibility index (Phi) is 8.82. The van der Waals surface area contributed by atoms with Crippen LogP contribution in [0.1, 0.15) is 122 Å². The van der Waals surface area contributed by atoms with Crippen molar-refractivity contribution in [1.29, 1.82) is 0 Å². The number of nitrogens with zero attached hydrogens (tertiary/aromatic N) is 3. The third-order valence-corrected chi connectivity index (χ3v) is 6.96. The highest BCUT2D eigenvalue weighted by molar-refractivity contribution is 6.28. The van der Waals surface area contributed by atoms with Crippen LogP contribution in [0.3, 0.4) is 0 Å². The summed E-state index contributed by atoms with van der Waals surface area (Å²) >= 11 is 6.36. The van der Waals surface area contributed by atoms with E-state index in [2.05, 4.69) is 22.2 Å². The molecule has 1 heterocycles. The van der Waals surface area contributed by atoms with Crippen molar-refractivity contribution >= 4 is 17.5 Å². The van der Waals surface area contributed by atoms with Crippen LogP contribution in [0, 0.1) is 0 Å². The van der Waals surface area contributed by atoms with Crippen molar-refractivity contribution in [1.82, 2.24) is 15.0 Å². The van der Waals surface area contributed by atoms with Crippen molar-refractivity contribution in [2.24, 2.45) is 0 Å². The van der Waals surface area contributed by atoms with E-state index in [0.717, 1.165) is 18.7 Å². The molecule has 0 amide bonds. The largest absolute Gasteiger partial charge is 0.351 e. The van der Waals surface area contributed by atoms with Gasteiger partial charge in [-0.2, -0.15) is 9.97 Å². The summed E-state index contributed by atoms with van der Waals surface area (Å²) in [4.78, 5) is 13.9. The number of rotatable bonds is 3. The van der Waals surface area contributed by atoms with Crippen LogP contribution in [0.4, 0.5) is 5.95 Å². The van der Waals surface area contributed by atoms with E-state index in [-0.39, 0.29) is 5.41 Å². The minimum Gasteiger partial charge on any atom is -0.351 e. The number of anilines is 1. The lowest BCUT2D eigenvalue weighted by atomic mass is 9.78. The molecule has 0 aromatic carbocycles. The quantitative estimate of drug-likeness (QED) is 0.575. The first kappa shape index (κ1) is 21.8. The zero-order valence-corrected chi connectivity index (χ0v) is 18.6. The van der Waals surface area contributed by atoms with E-state index >= 15 is 0 Å². The summed E-state index contributed by atoms with van der Waals surface area (Å²) in [5.41, 5.74) is 0.0127. The van der Waals surface area contributed by atoms with Crippen LogP contribution in [-0.2, 0) is 5.41 Å². The van der Waals surface area contributed by atoms with Crippen LogP contribution in [0.15, 0.2) is 0 Å². The molecule has 0 radical (unpaired) electrons. The summed E-state index contributed by atoms with van der Waals surface area (Å²) in [6.07, 6.45) is 22.0. The Hall–Kier alpha value is -0.900. The normalized spacial score (nSPS) is 23.2. The Balaban J connectivity index is 1.73. The molecule has 2 fully saturated rings. The zero-order valence-electron chi connectivity index (χ0n) is 17.8. The summed E-state index contributed by atoms with van der Waals surface area (Å²) in [6.45, 7) is 2.34. The average molecular weight is 407 g/mol. The minimum atomic E-state index is 0.0127. The molecule has 0 unspecified atom stereocenters. The smallest absolute Gasteiger partial charge is 0.227 e. The van der Waals surface area contributed by atoms with Gasteiger partial charge in [0.1, 0.15) is 5.82 Å². The van der Waals surface area contributed by atoms with Gasteiger partial charge in [-0.1, -0.05) is 90.4 Å². The molecule has 4 nitrogen and oxygen atoms in total. The standard InChI is InChI=1S/C23H39ClN4/c1-23(17-13-9-5-2-6-10-14-18-23)20-26-21(24)28-22(27-20)25-19-15-11-7-3-4-8-12-16-19/h19H,2-18H2,1H3,(H,25,26,27,28). The molecule has 1 aromatic heterocycles. The van der Waals surface area contributed by atoms with Crippen molar-refractivity contribution in [3.05, 3.63) is 11.1 Å². The SMILES string of the molecule is CC1(c2nc(Cl)nc(NC3CCCCCCCC3)n2)CCCCCCCCC1. The maximum atomic E-state index is 6.36. The Morgan fingerprint density at radius 3 is 1.79 bits per heavy atom. The van der Waals surface area contributed by atoms with Crippen LogP contribution in [0.2, 0.25) is 5.28 Å². The van der Waals surface area contributed by atoms with Crippen molar-refractivity contribution < 1.29 is 0 Å². The molecule has 3 rings (SSSR count). The van der Waals surface area contributed by atoms with Crippen LogP contribution < -0.4 is 5.32 Å². The number of nitrogens with one attached hydrogen (secondary N) is 1. The van der Waals surface area contributed by atoms with E-state index < -0.39 is 0 Å². The second-order valence-electron chi connectivity index (χ2n) is 9.33. The van der Waals surface area contributed by atoms with E-state index in [0.29, 0.717) is 17.3 Å². The molecular formula is C23H39ClN4. The molecule has 1 aromatic rings. The Morgan fingerprint density at radius 2 is 1.21 bits per heavy atom. The second kappa shape index (κ2) is 11.3. The van der Waals surface area contributed by atoms with Crippen molar-refractivity contribution in [2.45, 2.75) is 128 Å². The lowest BCUT2D eigenvalue weighted by Crippen LogP contribution is -2.28. The average Bonchev–Trinajstić information content (AvgIpc) is 2.81. The molecule has 1 N–H and O–H groups in total. The minimum absolute atomic E-state index is 0.0127. The predicted molar refractivity (Wildman–Crippen MR) is 118 cm³/mol. The summed E-state index contributed by atoms with van der Waals surface area (Å²) in [5, 5.41) is 3.96. The van der Waals surface area contributed by atoms with Gasteiger partial charge in [-0.15, -0.1) is 0 Å². The molecule has 0 saturated heterocycles. The Labute approximate surface area is 176 Å². The van der Waals surface area contributed by atoms with Gasteiger partial charge < -0.3 is 5.32 Å². The molecule has 0 atom stereocenters. The van der Waals surface area contributed by atoms with Gasteiger partial charge in [0.25, 0.3) is 0 Å². The fraction of sp³-hybridized carbons (Fsp3) is 0.870. The number of aromatic nitrogens is 3. The maximum Gasteiger partial charge on any atom is 0.227 e. The van der Waals surface area contributed by atoms with Crippen LogP contribution in [-0.4, -0.2) is 21.0 Å². The first-order valence-electron chi connectivity index (χ1n) is 11.8. The summed E-state index contributed by atoms with van der Waals surface area (Å²) in [7, 11) is 0. The summed E-state index contributed by atoms with van der Waals surface area (Å²) < 4.78 is 0. The van der Waals surface area contributed by atoms with Crippen molar-refractivity contribution in [2.75, 3.05) is 5.32 Å². The molecule has 0 spiro atoms.